The van der Waals surface area contributed by atoms with Gasteiger partial charge >= 0.3 is 0 Å². The molecule has 2 aromatic rings. The Kier molecular flexibility index (Phi) is 6.62. The van der Waals surface area contributed by atoms with Crippen LogP contribution in [0, 0.1) is 17.1 Å². The van der Waals surface area contributed by atoms with E-state index in [-0.39, 0.29) is 10.9 Å². The number of benzene rings is 2. The number of ether oxygens (including phenoxy) is 1. The van der Waals surface area contributed by atoms with Gasteiger partial charge in [-0.25, -0.2) is 17.5 Å². The lowest BCUT2D eigenvalue weighted by atomic mass is 10.1. The molecule has 1 saturated heterocycles. The number of rotatable bonds is 7. The molecule has 0 aromatic heterocycles. The standard InChI is InChI=1S/C20H22FN3O3S/c21-17-4-6-20(7-5-17)28(25,26)23-18-8-10-24(11-9-18)12-13-27-19-3-1-2-16(14-19)15-22/h1-7,14,18,23H,8-13H2. The van der Waals surface area contributed by atoms with Gasteiger partial charge in [0.2, 0.25) is 10.0 Å². The maximum atomic E-state index is 13.0. The quantitative estimate of drug-likeness (QED) is 0.768. The first kappa shape index (κ1) is 20.3. The van der Waals surface area contributed by atoms with Gasteiger partial charge in [-0.3, -0.25) is 4.90 Å². The van der Waals surface area contributed by atoms with Gasteiger partial charge in [-0.1, -0.05) is 6.07 Å². The Morgan fingerprint density at radius 1 is 1.18 bits per heavy atom. The van der Waals surface area contributed by atoms with E-state index >= 15 is 0 Å². The highest BCUT2D eigenvalue weighted by molar-refractivity contribution is 7.89. The highest BCUT2D eigenvalue weighted by Crippen LogP contribution is 2.16. The molecule has 8 heteroatoms. The molecular weight excluding hydrogens is 381 g/mol. The summed E-state index contributed by atoms with van der Waals surface area (Å²) in [7, 11) is -3.64. The fourth-order valence-electron chi connectivity index (χ4n) is 3.12. The number of nitrogens with one attached hydrogen (secondary N) is 1. The molecule has 0 amide bonds. The summed E-state index contributed by atoms with van der Waals surface area (Å²) in [5.74, 6) is 0.204. The smallest absolute Gasteiger partial charge is 0.240 e. The number of nitrogens with zero attached hydrogens (tertiary/aromatic N) is 2. The summed E-state index contributed by atoms with van der Waals surface area (Å²) >= 11 is 0. The van der Waals surface area contributed by atoms with E-state index in [4.69, 9.17) is 10.00 Å². The summed E-state index contributed by atoms with van der Waals surface area (Å²) in [4.78, 5) is 2.29. The van der Waals surface area contributed by atoms with Crippen LogP contribution in [0.3, 0.4) is 0 Å². The third kappa shape index (κ3) is 5.52. The number of likely N-dealkylation sites (tertiary alicyclic amines) is 1. The van der Waals surface area contributed by atoms with Gasteiger partial charge in [-0.2, -0.15) is 5.26 Å². The maximum absolute atomic E-state index is 13.0. The molecule has 1 N–H and O–H groups in total. The molecule has 1 aliphatic rings. The van der Waals surface area contributed by atoms with Crippen LogP contribution in [-0.4, -0.2) is 45.6 Å². The van der Waals surface area contributed by atoms with Crippen LogP contribution in [0.5, 0.6) is 5.75 Å². The molecule has 0 saturated carbocycles. The number of sulfonamides is 1. The minimum atomic E-state index is -3.64. The van der Waals surface area contributed by atoms with E-state index in [0.29, 0.717) is 30.8 Å². The van der Waals surface area contributed by atoms with Gasteiger partial charge in [0, 0.05) is 12.6 Å². The zero-order chi connectivity index (χ0) is 20.0. The first-order valence-electron chi connectivity index (χ1n) is 9.09. The molecule has 0 unspecified atom stereocenters. The van der Waals surface area contributed by atoms with E-state index in [2.05, 4.69) is 15.7 Å². The number of hydrogen-bond acceptors (Lipinski definition) is 5. The Hall–Kier alpha value is -2.47. The van der Waals surface area contributed by atoms with Crippen LogP contribution < -0.4 is 9.46 Å². The molecule has 148 valence electrons. The average molecular weight is 403 g/mol. The number of piperidine rings is 1. The predicted octanol–water partition coefficient (Wildman–Crippen LogP) is 2.52. The van der Waals surface area contributed by atoms with Gasteiger partial charge in [0.05, 0.1) is 16.5 Å². The fraction of sp³-hybridized carbons (Fsp3) is 0.350. The summed E-state index contributed by atoms with van der Waals surface area (Å²) in [6.07, 6.45) is 1.40. The summed E-state index contributed by atoms with van der Waals surface area (Å²) in [6.45, 7) is 2.76. The molecule has 6 nitrogen and oxygen atoms in total. The third-order valence-corrected chi connectivity index (χ3v) is 6.21. The second-order valence-electron chi connectivity index (χ2n) is 6.68. The molecule has 0 atom stereocenters. The number of halogens is 1. The molecule has 3 rings (SSSR count). The summed E-state index contributed by atoms with van der Waals surface area (Å²) < 4.78 is 46.1. The van der Waals surface area contributed by atoms with E-state index in [1.165, 1.54) is 12.1 Å². The third-order valence-electron chi connectivity index (χ3n) is 4.67. The normalized spacial score (nSPS) is 15.9. The van der Waals surface area contributed by atoms with Crippen molar-refractivity contribution >= 4 is 10.0 Å². The number of hydrogen-bond donors (Lipinski definition) is 1. The van der Waals surface area contributed by atoms with Crippen LogP contribution in [0.4, 0.5) is 4.39 Å². The predicted molar refractivity (Wildman–Crippen MR) is 103 cm³/mol. The van der Waals surface area contributed by atoms with Gasteiger partial charge in [-0.05, 0) is 68.4 Å². The molecule has 28 heavy (non-hydrogen) atoms. The molecule has 0 radical (unpaired) electrons. The van der Waals surface area contributed by atoms with Crippen molar-refractivity contribution in [1.82, 2.24) is 9.62 Å². The van der Waals surface area contributed by atoms with Crippen LogP contribution in [0.2, 0.25) is 0 Å². The van der Waals surface area contributed by atoms with Crippen molar-refractivity contribution in [2.24, 2.45) is 0 Å². The minimum absolute atomic E-state index is 0.0735. The van der Waals surface area contributed by atoms with Crippen molar-refractivity contribution in [3.8, 4) is 11.8 Å². The average Bonchev–Trinajstić information content (AvgIpc) is 2.69. The van der Waals surface area contributed by atoms with E-state index in [0.717, 1.165) is 31.8 Å². The lowest BCUT2D eigenvalue weighted by molar-refractivity contribution is 0.170. The summed E-state index contributed by atoms with van der Waals surface area (Å²) in [5, 5.41) is 8.90. The Morgan fingerprint density at radius 2 is 1.89 bits per heavy atom. The monoisotopic (exact) mass is 403 g/mol. The van der Waals surface area contributed by atoms with Gasteiger partial charge < -0.3 is 4.74 Å². The highest BCUT2D eigenvalue weighted by Gasteiger charge is 2.24. The zero-order valence-corrected chi connectivity index (χ0v) is 16.2. The van der Waals surface area contributed by atoms with Crippen LogP contribution in [-0.2, 0) is 10.0 Å². The fourth-order valence-corrected chi connectivity index (χ4v) is 4.43. The first-order chi connectivity index (χ1) is 13.5. The van der Waals surface area contributed by atoms with Gasteiger partial charge in [0.25, 0.3) is 0 Å². The van der Waals surface area contributed by atoms with Gasteiger partial charge in [0.1, 0.15) is 18.2 Å². The van der Waals surface area contributed by atoms with E-state index in [1.807, 2.05) is 6.07 Å². The Bertz CT molecular complexity index is 934. The molecule has 1 aliphatic heterocycles. The van der Waals surface area contributed by atoms with Crippen LogP contribution in [0.25, 0.3) is 0 Å². The molecule has 0 bridgehead atoms. The van der Waals surface area contributed by atoms with Gasteiger partial charge in [-0.15, -0.1) is 0 Å². The summed E-state index contributed by atoms with van der Waals surface area (Å²) in [5.41, 5.74) is 0.562. The first-order valence-corrected chi connectivity index (χ1v) is 10.6. The van der Waals surface area contributed by atoms with Crippen LogP contribution >= 0.6 is 0 Å². The van der Waals surface area contributed by atoms with Crippen LogP contribution in [0.1, 0.15) is 18.4 Å². The SMILES string of the molecule is N#Cc1cccc(OCCN2CCC(NS(=O)(=O)c3ccc(F)cc3)CC2)c1. The lowest BCUT2D eigenvalue weighted by Crippen LogP contribution is -2.45. The largest absolute Gasteiger partial charge is 0.492 e. The Morgan fingerprint density at radius 3 is 2.57 bits per heavy atom. The maximum Gasteiger partial charge on any atom is 0.240 e. The molecule has 2 aromatic carbocycles. The number of nitriles is 1. The summed E-state index contributed by atoms with van der Waals surface area (Å²) in [6, 6.07) is 13.8. The lowest BCUT2D eigenvalue weighted by Gasteiger charge is -2.32. The van der Waals surface area contributed by atoms with Crippen molar-refractivity contribution in [2.45, 2.75) is 23.8 Å². The van der Waals surface area contributed by atoms with E-state index in [9.17, 15) is 12.8 Å². The van der Waals surface area contributed by atoms with E-state index in [1.54, 1.807) is 18.2 Å². The minimum Gasteiger partial charge on any atom is -0.492 e. The zero-order valence-electron chi connectivity index (χ0n) is 15.3. The Balaban J connectivity index is 1.43. The highest BCUT2D eigenvalue weighted by atomic mass is 32.2. The van der Waals surface area contributed by atoms with Crippen LogP contribution in [0.15, 0.2) is 53.4 Å². The Labute approximate surface area is 164 Å². The second kappa shape index (κ2) is 9.15. The topological polar surface area (TPSA) is 82.4 Å². The van der Waals surface area contributed by atoms with Gasteiger partial charge in [0.15, 0.2) is 0 Å². The van der Waals surface area contributed by atoms with Crippen molar-refractivity contribution in [1.29, 1.82) is 5.26 Å². The second-order valence-corrected chi connectivity index (χ2v) is 8.39. The molecule has 1 fully saturated rings. The molecular formula is C20H22FN3O3S. The van der Waals surface area contributed by atoms with E-state index < -0.39 is 15.8 Å². The molecule has 0 aliphatic carbocycles. The van der Waals surface area contributed by atoms with Crippen molar-refractivity contribution < 1.29 is 17.5 Å². The van der Waals surface area contributed by atoms with Crippen molar-refractivity contribution in [3.05, 3.63) is 59.9 Å². The molecule has 0 spiro atoms. The van der Waals surface area contributed by atoms with Crippen molar-refractivity contribution in [2.75, 3.05) is 26.2 Å². The molecule has 1 heterocycles. The van der Waals surface area contributed by atoms with Crippen molar-refractivity contribution in [3.63, 3.8) is 0 Å².